The van der Waals surface area contributed by atoms with Gasteiger partial charge in [-0.1, -0.05) is 50.1 Å². The third-order valence-corrected chi connectivity index (χ3v) is 4.73. The normalized spacial score (nSPS) is 13.5. The molecule has 0 spiro atoms. The third kappa shape index (κ3) is 7.85. The fourth-order valence-electron chi connectivity index (χ4n) is 2.84. The molecule has 0 aliphatic rings. The molecule has 0 aliphatic carbocycles. The molecule has 1 atom stereocenters. The molecule has 1 heterocycles. The number of hydrogen-bond donors (Lipinski definition) is 1. The largest absolute Gasteiger partial charge is 0.507 e. The Morgan fingerprint density at radius 2 is 1.93 bits per heavy atom. The molecule has 30 heavy (non-hydrogen) atoms. The van der Waals surface area contributed by atoms with E-state index >= 15 is 0 Å². The van der Waals surface area contributed by atoms with Crippen molar-refractivity contribution in [2.45, 2.75) is 65.7 Å². The van der Waals surface area contributed by atoms with Crippen molar-refractivity contribution in [2.24, 2.45) is 0 Å². The van der Waals surface area contributed by atoms with Crippen molar-refractivity contribution in [3.8, 4) is 5.75 Å². The summed E-state index contributed by atoms with van der Waals surface area (Å²) in [6, 6.07) is 1.34. The first-order valence-electron chi connectivity index (χ1n) is 10.2. The smallest absolute Gasteiger partial charge is 0.351 e. The first-order chi connectivity index (χ1) is 14.2. The van der Waals surface area contributed by atoms with Crippen LogP contribution < -0.4 is 5.63 Å². The molecule has 0 amide bonds. The van der Waals surface area contributed by atoms with Crippen LogP contribution in [-0.2, 0) is 9.53 Å². The maximum atomic E-state index is 12.6. The van der Waals surface area contributed by atoms with Crippen molar-refractivity contribution in [3.63, 3.8) is 0 Å². The van der Waals surface area contributed by atoms with Crippen molar-refractivity contribution in [1.82, 2.24) is 0 Å². The number of esters is 1. The van der Waals surface area contributed by atoms with E-state index in [1.807, 2.05) is 26.0 Å². The van der Waals surface area contributed by atoms with Gasteiger partial charge in [0.25, 0.3) is 0 Å². The summed E-state index contributed by atoms with van der Waals surface area (Å²) in [5.41, 5.74) is 0.291. The molecule has 164 valence electrons. The van der Waals surface area contributed by atoms with E-state index in [0.717, 1.165) is 18.4 Å². The van der Waals surface area contributed by atoms with E-state index in [1.54, 1.807) is 19.1 Å². The molecule has 1 rings (SSSR count). The second-order valence-corrected chi connectivity index (χ2v) is 7.37. The van der Waals surface area contributed by atoms with Gasteiger partial charge in [0.05, 0.1) is 13.5 Å². The van der Waals surface area contributed by atoms with Gasteiger partial charge in [-0.25, -0.2) is 4.79 Å². The Bertz CT molecular complexity index is 885. The first-order valence-corrected chi connectivity index (χ1v) is 10.2. The van der Waals surface area contributed by atoms with E-state index in [0.29, 0.717) is 24.2 Å². The molecule has 0 bridgehead atoms. The Kier molecular flexibility index (Phi) is 10.6. The first kappa shape index (κ1) is 25.1. The lowest BCUT2D eigenvalue weighted by atomic mass is 9.99. The van der Waals surface area contributed by atoms with Crippen molar-refractivity contribution >= 4 is 11.8 Å². The zero-order chi connectivity index (χ0) is 22.7. The van der Waals surface area contributed by atoms with Crippen LogP contribution in [0.5, 0.6) is 5.75 Å². The Morgan fingerprint density at radius 3 is 2.53 bits per heavy atom. The van der Waals surface area contributed by atoms with Gasteiger partial charge in [0.15, 0.2) is 5.78 Å². The summed E-state index contributed by atoms with van der Waals surface area (Å²) in [5.74, 6) is -1.06. The van der Waals surface area contributed by atoms with Gasteiger partial charge in [0, 0.05) is 12.0 Å². The van der Waals surface area contributed by atoms with E-state index < -0.39 is 11.4 Å². The molecule has 0 aromatic carbocycles. The van der Waals surface area contributed by atoms with Crippen molar-refractivity contribution in [3.05, 3.63) is 63.3 Å². The Hall–Kier alpha value is -2.89. The van der Waals surface area contributed by atoms with Crippen LogP contribution in [0.25, 0.3) is 0 Å². The van der Waals surface area contributed by atoms with Crippen LogP contribution in [0.2, 0.25) is 0 Å². The third-order valence-electron chi connectivity index (χ3n) is 4.73. The molecule has 1 N–H and O–H groups in total. The molecule has 6 nitrogen and oxygen atoms in total. The Labute approximate surface area is 177 Å². The van der Waals surface area contributed by atoms with Gasteiger partial charge in [-0.2, -0.15) is 0 Å². The molecule has 0 saturated carbocycles. The summed E-state index contributed by atoms with van der Waals surface area (Å²) < 4.78 is 9.88. The lowest BCUT2D eigenvalue weighted by Gasteiger charge is -2.11. The van der Waals surface area contributed by atoms with E-state index in [-0.39, 0.29) is 29.6 Å². The number of hydrogen-bond acceptors (Lipinski definition) is 6. The highest BCUT2D eigenvalue weighted by Crippen LogP contribution is 2.26. The monoisotopic (exact) mass is 416 g/mol. The molecule has 1 aromatic rings. The van der Waals surface area contributed by atoms with E-state index in [4.69, 9.17) is 4.42 Å². The molecule has 0 saturated heterocycles. The fourth-order valence-corrected chi connectivity index (χ4v) is 2.84. The fraction of sp³-hybridized carbons (Fsp3) is 0.458. The highest BCUT2D eigenvalue weighted by molar-refractivity contribution is 6.09. The summed E-state index contributed by atoms with van der Waals surface area (Å²) in [5, 5.41) is 10.3. The summed E-state index contributed by atoms with van der Waals surface area (Å²) >= 11 is 0. The van der Waals surface area contributed by atoms with Crippen LogP contribution in [0.4, 0.5) is 0 Å². The van der Waals surface area contributed by atoms with Gasteiger partial charge < -0.3 is 14.3 Å². The van der Waals surface area contributed by atoms with Crippen LogP contribution in [0, 0.1) is 0 Å². The van der Waals surface area contributed by atoms with Crippen molar-refractivity contribution in [1.29, 1.82) is 0 Å². The van der Waals surface area contributed by atoms with Gasteiger partial charge in [-0.3, -0.25) is 9.59 Å². The predicted octanol–water partition coefficient (Wildman–Crippen LogP) is 5.22. The summed E-state index contributed by atoms with van der Waals surface area (Å²) in [6.07, 6.45) is 10.5. The number of ketones is 1. The Morgan fingerprint density at radius 1 is 1.23 bits per heavy atom. The van der Waals surface area contributed by atoms with E-state index in [9.17, 15) is 19.5 Å². The quantitative estimate of drug-likeness (QED) is 0.175. The number of Topliss-reactive ketones (excluding diaryl/α,β-unsaturated/α-hetero) is 1. The van der Waals surface area contributed by atoms with Crippen LogP contribution >= 0.6 is 0 Å². The highest BCUT2D eigenvalue weighted by Gasteiger charge is 2.21. The minimum Gasteiger partial charge on any atom is -0.507 e. The molecule has 6 heteroatoms. The highest BCUT2D eigenvalue weighted by atomic mass is 16.5. The van der Waals surface area contributed by atoms with Crippen molar-refractivity contribution in [2.75, 3.05) is 7.11 Å². The number of methoxy groups -OCH3 is 1. The number of aromatic hydroxyl groups is 1. The zero-order valence-electron chi connectivity index (χ0n) is 18.5. The summed E-state index contributed by atoms with van der Waals surface area (Å²) in [4.78, 5) is 36.0. The van der Waals surface area contributed by atoms with E-state index in [2.05, 4.69) is 11.7 Å². The summed E-state index contributed by atoms with van der Waals surface area (Å²) in [6.45, 7) is 7.52. The maximum Gasteiger partial charge on any atom is 0.351 e. The number of carbonyl (C=O) groups excluding carboxylic acids is 2. The van der Waals surface area contributed by atoms with Crippen molar-refractivity contribution < 1.29 is 23.8 Å². The lowest BCUT2D eigenvalue weighted by Crippen LogP contribution is -2.16. The molecule has 0 radical (unpaired) electrons. The molecule has 1 unspecified atom stereocenters. The van der Waals surface area contributed by atoms with Crippen LogP contribution in [0.1, 0.15) is 81.8 Å². The second kappa shape index (κ2) is 12.6. The van der Waals surface area contributed by atoms with Crippen LogP contribution in [0.3, 0.4) is 0 Å². The molecule has 0 fully saturated rings. The molecular weight excluding hydrogens is 384 g/mol. The number of carbonyl (C=O) groups is 2. The minimum atomic E-state index is -0.843. The number of rotatable bonds is 11. The van der Waals surface area contributed by atoms with Crippen LogP contribution in [-0.4, -0.2) is 24.0 Å². The average molecular weight is 417 g/mol. The molecular formula is C24H32O6. The molecule has 1 aromatic heterocycles. The average Bonchev–Trinajstić information content (AvgIpc) is 2.70. The Balaban J connectivity index is 2.89. The van der Waals surface area contributed by atoms with Gasteiger partial charge >= 0.3 is 11.6 Å². The molecule has 0 aliphatic heterocycles. The number of ether oxygens (including phenoxy) is 1. The summed E-state index contributed by atoms with van der Waals surface area (Å²) in [7, 11) is 1.34. The van der Waals surface area contributed by atoms with Crippen LogP contribution in [0.15, 0.2) is 50.7 Å². The van der Waals surface area contributed by atoms with Gasteiger partial charge in [-0.05, 0) is 38.7 Å². The minimum absolute atomic E-state index is 0.146. The maximum absolute atomic E-state index is 12.6. The van der Waals surface area contributed by atoms with E-state index in [1.165, 1.54) is 13.2 Å². The standard InChI is InChI=1S/C24H32O6/c1-6-10-16(2)13-14-18(4)23(27)22-19(25)15-20(30-24(22)28)17(3)11-8-7-9-12-21(26)29-5/h7,9,13-15,17,25H,6,8,10-12H2,1-5H3/b9-7+,16-13+,18-14+. The van der Waals surface area contributed by atoms with Gasteiger partial charge in [0.1, 0.15) is 17.1 Å². The van der Waals surface area contributed by atoms with Gasteiger partial charge in [-0.15, -0.1) is 0 Å². The number of allylic oxidation sites excluding steroid dienone is 5. The lowest BCUT2D eigenvalue weighted by molar-refractivity contribution is -0.139. The topological polar surface area (TPSA) is 93.8 Å². The van der Waals surface area contributed by atoms with Gasteiger partial charge in [0.2, 0.25) is 0 Å². The second-order valence-electron chi connectivity index (χ2n) is 7.37. The predicted molar refractivity (Wildman–Crippen MR) is 117 cm³/mol. The zero-order valence-corrected chi connectivity index (χ0v) is 18.5. The SMILES string of the molecule is CCC/C(C)=C/C=C(\C)C(=O)c1c(O)cc(C(C)CC/C=C/CC(=O)OC)oc1=O.